The Bertz CT molecular complexity index is 1070. The lowest BCUT2D eigenvalue weighted by molar-refractivity contribution is 0.730. The summed E-state index contributed by atoms with van der Waals surface area (Å²) in [6, 6.07) is 28.8. The number of benzene rings is 3. The Kier molecular flexibility index (Phi) is 4.49. The normalized spacial score (nSPS) is 10.7. The van der Waals surface area contributed by atoms with Crippen molar-refractivity contribution in [3.05, 3.63) is 101 Å². The fourth-order valence-corrected chi connectivity index (χ4v) is 3.32. The summed E-state index contributed by atoms with van der Waals surface area (Å²) in [5.41, 5.74) is 5.29. The van der Waals surface area contributed by atoms with E-state index < -0.39 is 0 Å². The number of hydrogen-bond donors (Lipinski definition) is 0. The summed E-state index contributed by atoms with van der Waals surface area (Å²) in [4.78, 5) is 4.86. The third-order valence-electron chi connectivity index (χ3n) is 4.61. The van der Waals surface area contributed by atoms with Crippen molar-refractivity contribution in [2.45, 2.75) is 19.4 Å². The molecule has 4 rings (SSSR count). The number of rotatable bonds is 5. The largest absolute Gasteiger partial charge is 0.323 e. The van der Waals surface area contributed by atoms with Crippen LogP contribution in [0.5, 0.6) is 0 Å². The van der Waals surface area contributed by atoms with Gasteiger partial charge in [0.25, 0.3) is 0 Å². The molecule has 0 radical (unpaired) electrons. The van der Waals surface area contributed by atoms with Gasteiger partial charge in [0.05, 0.1) is 22.7 Å². The third-order valence-corrected chi connectivity index (χ3v) is 4.61. The van der Waals surface area contributed by atoms with Gasteiger partial charge in [-0.25, -0.2) is 4.98 Å². The summed E-state index contributed by atoms with van der Waals surface area (Å²) >= 11 is 0. The predicted molar refractivity (Wildman–Crippen MR) is 104 cm³/mol. The molecular formula is C23H19N3. The molecule has 0 aliphatic heterocycles. The quantitative estimate of drug-likeness (QED) is 0.528. The molecule has 3 nitrogen and oxygen atoms in total. The maximum atomic E-state index is 9.16. The first-order valence-electron chi connectivity index (χ1n) is 8.80. The molecule has 0 aliphatic rings. The number of nitrogens with zero attached hydrogens (tertiary/aromatic N) is 3. The van der Waals surface area contributed by atoms with Crippen molar-refractivity contribution >= 4 is 11.0 Å². The fraction of sp³-hybridized carbons (Fsp3) is 0.130. The van der Waals surface area contributed by atoms with Crippen molar-refractivity contribution in [1.82, 2.24) is 9.55 Å². The summed E-state index contributed by atoms with van der Waals surface area (Å²) in [7, 11) is 0. The van der Waals surface area contributed by atoms with Gasteiger partial charge in [0, 0.05) is 13.0 Å². The highest BCUT2D eigenvalue weighted by Gasteiger charge is 2.11. The number of para-hydroxylation sites is 2. The summed E-state index contributed by atoms with van der Waals surface area (Å²) in [5.74, 6) is 1.08. The summed E-state index contributed by atoms with van der Waals surface area (Å²) in [6.45, 7) is 0.722. The van der Waals surface area contributed by atoms with Gasteiger partial charge in [-0.2, -0.15) is 5.26 Å². The van der Waals surface area contributed by atoms with E-state index in [1.807, 2.05) is 36.4 Å². The Hall–Kier alpha value is -3.38. The molecule has 0 spiro atoms. The molecule has 0 atom stereocenters. The molecule has 0 aliphatic carbocycles. The lowest BCUT2D eigenvalue weighted by atomic mass is 10.1. The zero-order chi connectivity index (χ0) is 17.8. The molecule has 0 N–H and O–H groups in total. The van der Waals surface area contributed by atoms with Crippen LogP contribution in [0.1, 0.15) is 22.5 Å². The van der Waals surface area contributed by atoms with Crippen LogP contribution in [-0.4, -0.2) is 9.55 Å². The monoisotopic (exact) mass is 337 g/mol. The summed E-state index contributed by atoms with van der Waals surface area (Å²) in [5, 5.41) is 9.16. The minimum absolute atomic E-state index is 0.692. The lowest BCUT2D eigenvalue weighted by Gasteiger charge is -2.10. The van der Waals surface area contributed by atoms with Gasteiger partial charge in [0.15, 0.2) is 0 Å². The first-order valence-corrected chi connectivity index (χ1v) is 8.80. The molecular weight excluding hydrogens is 318 g/mol. The van der Waals surface area contributed by atoms with E-state index in [0.29, 0.717) is 5.56 Å². The Morgan fingerprint density at radius 3 is 2.42 bits per heavy atom. The molecule has 26 heavy (non-hydrogen) atoms. The first-order chi connectivity index (χ1) is 12.8. The fourth-order valence-electron chi connectivity index (χ4n) is 3.32. The molecule has 0 fully saturated rings. The van der Waals surface area contributed by atoms with Crippen LogP contribution in [0.3, 0.4) is 0 Å². The SMILES string of the molecule is N#Cc1cccc(Cn2c(CCc3ccccc3)nc3ccccc32)c1. The third kappa shape index (κ3) is 3.36. The minimum atomic E-state index is 0.692. The predicted octanol–water partition coefficient (Wildman–Crippen LogP) is 4.74. The van der Waals surface area contributed by atoms with Gasteiger partial charge in [-0.05, 0) is 41.8 Å². The summed E-state index contributed by atoms with van der Waals surface area (Å²) < 4.78 is 2.27. The topological polar surface area (TPSA) is 41.6 Å². The molecule has 1 heterocycles. The van der Waals surface area contributed by atoms with Gasteiger partial charge in [0.2, 0.25) is 0 Å². The van der Waals surface area contributed by atoms with Crippen LogP contribution in [0.15, 0.2) is 78.9 Å². The zero-order valence-electron chi connectivity index (χ0n) is 14.5. The lowest BCUT2D eigenvalue weighted by Crippen LogP contribution is -2.07. The Morgan fingerprint density at radius 1 is 0.808 bits per heavy atom. The highest BCUT2D eigenvalue weighted by Crippen LogP contribution is 2.20. The van der Waals surface area contributed by atoms with Crippen molar-refractivity contribution in [1.29, 1.82) is 5.26 Å². The molecule has 3 aromatic carbocycles. The van der Waals surface area contributed by atoms with Gasteiger partial charge < -0.3 is 4.57 Å². The van der Waals surface area contributed by atoms with E-state index in [2.05, 4.69) is 53.1 Å². The van der Waals surface area contributed by atoms with E-state index in [0.717, 1.165) is 41.8 Å². The zero-order valence-corrected chi connectivity index (χ0v) is 14.5. The second-order valence-corrected chi connectivity index (χ2v) is 6.40. The Balaban J connectivity index is 1.68. The Labute approximate surface area is 153 Å². The minimum Gasteiger partial charge on any atom is -0.323 e. The number of fused-ring (bicyclic) bond motifs is 1. The smallest absolute Gasteiger partial charge is 0.110 e. The van der Waals surface area contributed by atoms with E-state index in [4.69, 9.17) is 10.2 Å². The number of aromatic nitrogens is 2. The van der Waals surface area contributed by atoms with E-state index in [-0.39, 0.29) is 0 Å². The van der Waals surface area contributed by atoms with Crippen molar-refractivity contribution in [2.24, 2.45) is 0 Å². The molecule has 0 saturated carbocycles. The van der Waals surface area contributed by atoms with Gasteiger partial charge >= 0.3 is 0 Å². The van der Waals surface area contributed by atoms with Crippen LogP contribution in [0.2, 0.25) is 0 Å². The highest BCUT2D eigenvalue weighted by atomic mass is 15.1. The molecule has 0 saturated heterocycles. The number of nitriles is 1. The molecule has 0 bridgehead atoms. The van der Waals surface area contributed by atoms with Crippen LogP contribution >= 0.6 is 0 Å². The molecule has 0 amide bonds. The maximum absolute atomic E-state index is 9.16. The molecule has 3 heteroatoms. The number of imidazole rings is 1. The van der Waals surface area contributed by atoms with Crippen LogP contribution in [0, 0.1) is 11.3 Å². The molecule has 1 aromatic heterocycles. The average molecular weight is 337 g/mol. The van der Waals surface area contributed by atoms with E-state index in [9.17, 15) is 0 Å². The number of aryl methyl sites for hydroxylation is 2. The summed E-state index contributed by atoms with van der Waals surface area (Å²) in [6.07, 6.45) is 1.85. The molecule has 126 valence electrons. The van der Waals surface area contributed by atoms with Crippen LogP contribution in [-0.2, 0) is 19.4 Å². The van der Waals surface area contributed by atoms with Crippen molar-refractivity contribution in [3.63, 3.8) is 0 Å². The Morgan fingerprint density at radius 2 is 1.58 bits per heavy atom. The van der Waals surface area contributed by atoms with E-state index >= 15 is 0 Å². The average Bonchev–Trinajstić information content (AvgIpc) is 3.05. The van der Waals surface area contributed by atoms with Crippen LogP contribution in [0.4, 0.5) is 0 Å². The van der Waals surface area contributed by atoms with Crippen molar-refractivity contribution in [3.8, 4) is 6.07 Å². The van der Waals surface area contributed by atoms with Crippen LogP contribution in [0.25, 0.3) is 11.0 Å². The second kappa shape index (κ2) is 7.25. The second-order valence-electron chi connectivity index (χ2n) is 6.40. The van der Waals surface area contributed by atoms with Crippen molar-refractivity contribution in [2.75, 3.05) is 0 Å². The van der Waals surface area contributed by atoms with Crippen molar-refractivity contribution < 1.29 is 0 Å². The van der Waals surface area contributed by atoms with Gasteiger partial charge in [-0.1, -0.05) is 54.6 Å². The first kappa shape index (κ1) is 16.1. The van der Waals surface area contributed by atoms with Gasteiger partial charge in [-0.15, -0.1) is 0 Å². The molecule has 0 unspecified atom stereocenters. The van der Waals surface area contributed by atoms with Gasteiger partial charge in [0.1, 0.15) is 5.82 Å². The van der Waals surface area contributed by atoms with Gasteiger partial charge in [-0.3, -0.25) is 0 Å². The standard InChI is InChI=1S/C23H19N3/c24-16-19-9-6-10-20(15-19)17-26-22-12-5-4-11-21(22)25-23(26)14-13-18-7-2-1-3-8-18/h1-12,15H,13-14,17H2. The van der Waals surface area contributed by atoms with E-state index in [1.165, 1.54) is 5.56 Å². The van der Waals surface area contributed by atoms with E-state index in [1.54, 1.807) is 0 Å². The molecule has 4 aromatic rings. The maximum Gasteiger partial charge on any atom is 0.110 e. The number of hydrogen-bond acceptors (Lipinski definition) is 2. The van der Waals surface area contributed by atoms with Crippen LogP contribution < -0.4 is 0 Å². The highest BCUT2D eigenvalue weighted by molar-refractivity contribution is 5.76.